The third-order valence-electron chi connectivity index (χ3n) is 14.1. The van der Waals surface area contributed by atoms with Gasteiger partial charge >= 0.3 is 18.0 Å². The lowest BCUT2D eigenvalue weighted by atomic mass is 9.44. The summed E-state index contributed by atoms with van der Waals surface area (Å²) in [5.41, 5.74) is -8.16. The summed E-state index contributed by atoms with van der Waals surface area (Å²) in [5, 5.41) is 29.0. The lowest BCUT2D eigenvalue weighted by Crippen LogP contribution is -2.82. The second-order valence-corrected chi connectivity index (χ2v) is 19.2. The summed E-state index contributed by atoms with van der Waals surface area (Å²) >= 11 is 0. The number of hydrogen-bond acceptors (Lipinski definition) is 14. The average Bonchev–Trinajstić information content (AvgIpc) is 4.00. The summed E-state index contributed by atoms with van der Waals surface area (Å²) in [7, 11) is 2.87. The molecule has 7 rings (SSSR count). The zero-order chi connectivity index (χ0) is 46.1. The number of rotatable bonds is 12. The van der Waals surface area contributed by atoms with Gasteiger partial charge in [0.25, 0.3) is 0 Å². The van der Waals surface area contributed by atoms with Crippen molar-refractivity contribution < 1.29 is 67.3 Å². The van der Waals surface area contributed by atoms with Crippen LogP contribution in [0.25, 0.3) is 0 Å². The van der Waals surface area contributed by atoms with Gasteiger partial charge in [0.15, 0.2) is 17.7 Å². The van der Waals surface area contributed by atoms with Crippen molar-refractivity contribution in [2.75, 3.05) is 20.8 Å². The Balaban J connectivity index is 1.39. The molecule has 3 N–H and O–H groups in total. The first-order valence-corrected chi connectivity index (χ1v) is 21.4. The molecule has 1 amide bonds. The first-order chi connectivity index (χ1) is 29.5. The van der Waals surface area contributed by atoms with Crippen LogP contribution in [0.15, 0.2) is 84.5 Å². The Morgan fingerprint density at radius 3 is 2.17 bits per heavy atom. The molecule has 13 unspecified atom stereocenters. The van der Waals surface area contributed by atoms with Crippen molar-refractivity contribution in [3.05, 3.63) is 95.6 Å². The van der Waals surface area contributed by atoms with Crippen LogP contribution >= 0.6 is 0 Å². The molecule has 0 spiro atoms. The van der Waals surface area contributed by atoms with Gasteiger partial charge in [-0.25, -0.2) is 9.59 Å². The van der Waals surface area contributed by atoms with Crippen molar-refractivity contribution in [1.82, 2.24) is 5.32 Å². The molecule has 2 aromatic rings. The summed E-state index contributed by atoms with van der Waals surface area (Å²) in [6, 6.07) is 16.3. The summed E-state index contributed by atoms with van der Waals surface area (Å²) < 4.78 is 49.7. The van der Waals surface area contributed by atoms with Crippen molar-refractivity contribution in [1.29, 1.82) is 0 Å². The van der Waals surface area contributed by atoms with E-state index in [0.717, 1.165) is 11.6 Å². The molecule has 2 aliphatic heterocycles. The number of methoxy groups -OCH3 is 2. The summed E-state index contributed by atoms with van der Waals surface area (Å²) in [6.45, 7) is 16.9. The van der Waals surface area contributed by atoms with E-state index in [1.165, 1.54) is 21.1 Å². The van der Waals surface area contributed by atoms with Crippen LogP contribution in [0.3, 0.4) is 0 Å². The van der Waals surface area contributed by atoms with E-state index in [1.807, 2.05) is 30.3 Å². The zero-order valence-electron chi connectivity index (χ0n) is 37.7. The van der Waals surface area contributed by atoms with Crippen LogP contribution in [-0.4, -0.2) is 114 Å². The van der Waals surface area contributed by atoms with Gasteiger partial charge in [-0.05, 0) is 63.0 Å². The fraction of sp³-hybridized carbons (Fsp3) is 0.583. The minimum Gasteiger partial charge on any atom is -0.455 e. The first-order valence-electron chi connectivity index (χ1n) is 21.4. The van der Waals surface area contributed by atoms with Gasteiger partial charge in [0.05, 0.1) is 24.2 Å². The van der Waals surface area contributed by atoms with Crippen molar-refractivity contribution in [2.45, 2.75) is 140 Å². The van der Waals surface area contributed by atoms with Gasteiger partial charge in [0, 0.05) is 45.3 Å². The number of ether oxygens (including phenoxy) is 8. The topological polar surface area (TPSA) is 198 Å². The number of alkyl carbamates (subject to hydrolysis) is 1. The summed E-state index contributed by atoms with van der Waals surface area (Å²) in [5.74, 6) is -3.43. The molecule has 0 aromatic heterocycles. The molecule has 15 heteroatoms. The average molecular weight is 876 g/mol. The highest BCUT2D eigenvalue weighted by atomic mass is 16.8. The predicted octanol–water partition coefficient (Wildman–Crippen LogP) is 5.38. The third-order valence-corrected chi connectivity index (χ3v) is 14.1. The SMILES string of the molecule is C=CC(O)(C(=O)OC1CC2(O)C(OC3OC3c3ccccc3)C3C4(OC(C)=O)COC4CC(OC)C3(C)C(=O)C(OC)C(=C1C)C2(C)C)C(NC(=O)OC(C)(C)C)c1ccccc1. The number of epoxide rings is 1. The second kappa shape index (κ2) is 16.5. The number of fused-ring (bicyclic) bond motifs is 5. The van der Waals surface area contributed by atoms with Gasteiger partial charge in [0.2, 0.25) is 5.60 Å². The molecule has 2 saturated carbocycles. The smallest absolute Gasteiger partial charge is 0.408 e. The summed E-state index contributed by atoms with van der Waals surface area (Å²) in [4.78, 5) is 56.9. The van der Waals surface area contributed by atoms with Crippen molar-refractivity contribution >= 4 is 23.8 Å². The number of carbonyl (C=O) groups excluding carboxylic acids is 4. The molecule has 15 nitrogen and oxygen atoms in total. The van der Waals surface area contributed by atoms with Crippen molar-refractivity contribution in [3.63, 3.8) is 0 Å². The molecule has 0 radical (unpaired) electrons. The number of ketones is 1. The zero-order valence-corrected chi connectivity index (χ0v) is 37.7. The molecule has 2 aromatic carbocycles. The molecular formula is C48H61NO14. The van der Waals surface area contributed by atoms with Gasteiger partial charge in [-0.3, -0.25) is 9.59 Å². The minimum atomic E-state index is -2.61. The largest absolute Gasteiger partial charge is 0.455 e. The van der Waals surface area contributed by atoms with E-state index in [0.29, 0.717) is 16.7 Å². The Labute approximate surface area is 368 Å². The fourth-order valence-corrected chi connectivity index (χ4v) is 10.8. The standard InChI is InChI=1S/C48H61NO14/c1-12-46(54,37(29-21-17-14-18-22-29)49-42(53)63-43(4,5)6)41(52)59-30-24-48(55)39(61-40-34(60-40)28-19-15-13-16-20-28)36-45(9,38(51)35(57-11)33(26(30)2)44(48,7)8)31(56-10)23-32-47(36,25-58-32)62-27(3)50/h12-22,30-32,34-37,39-40,54-55H,1,23-25H2,2-11H3,(H,49,53). The van der Waals surface area contributed by atoms with Gasteiger partial charge in [0.1, 0.15) is 41.7 Å². The van der Waals surface area contributed by atoms with E-state index < -0.39 is 112 Å². The van der Waals surface area contributed by atoms with Crippen LogP contribution in [0, 0.1) is 16.7 Å². The van der Waals surface area contributed by atoms with Crippen LogP contribution in [0.4, 0.5) is 4.79 Å². The monoisotopic (exact) mass is 875 g/mol. The molecule has 3 aliphatic carbocycles. The maximum Gasteiger partial charge on any atom is 0.408 e. The molecule has 5 aliphatic rings. The normalized spacial score (nSPS) is 35.8. The number of nitrogens with one attached hydrogen (secondary N) is 1. The molecule has 4 fully saturated rings. The first kappa shape index (κ1) is 46.5. The highest BCUT2D eigenvalue weighted by Crippen LogP contribution is 2.65. The molecule has 342 valence electrons. The van der Waals surface area contributed by atoms with Crippen LogP contribution in [-0.2, 0) is 52.3 Å². The highest BCUT2D eigenvalue weighted by Gasteiger charge is 2.78. The quantitative estimate of drug-likeness (QED) is 0.106. The molecule has 63 heavy (non-hydrogen) atoms. The second-order valence-electron chi connectivity index (χ2n) is 19.2. The number of benzene rings is 2. The fourth-order valence-electron chi connectivity index (χ4n) is 10.8. The Bertz CT molecular complexity index is 2140. The molecular weight excluding hydrogens is 815 g/mol. The van der Waals surface area contributed by atoms with Crippen LogP contribution in [0.2, 0.25) is 0 Å². The number of aliphatic hydroxyl groups is 2. The van der Waals surface area contributed by atoms with E-state index in [4.69, 9.17) is 37.9 Å². The van der Waals surface area contributed by atoms with E-state index >= 15 is 4.79 Å². The van der Waals surface area contributed by atoms with E-state index in [-0.39, 0.29) is 19.4 Å². The van der Waals surface area contributed by atoms with Gasteiger partial charge in [-0.15, -0.1) is 0 Å². The Hall–Kier alpha value is -4.48. The lowest BCUT2D eigenvalue weighted by molar-refractivity contribution is -0.355. The van der Waals surface area contributed by atoms with Crippen LogP contribution in [0.1, 0.15) is 91.5 Å². The Morgan fingerprint density at radius 2 is 1.63 bits per heavy atom. The molecule has 2 saturated heterocycles. The Kier molecular flexibility index (Phi) is 12.2. The third kappa shape index (κ3) is 7.62. The number of hydrogen-bond donors (Lipinski definition) is 3. The summed E-state index contributed by atoms with van der Waals surface area (Å²) in [6.07, 6.45) is -7.20. The lowest BCUT2D eigenvalue weighted by Gasteiger charge is -2.68. The molecule has 13 atom stereocenters. The predicted molar refractivity (Wildman–Crippen MR) is 226 cm³/mol. The number of amides is 1. The molecule has 2 heterocycles. The van der Waals surface area contributed by atoms with E-state index in [1.54, 1.807) is 78.8 Å². The van der Waals surface area contributed by atoms with Gasteiger partial charge < -0.3 is 53.4 Å². The maximum atomic E-state index is 15.7. The number of Topliss-reactive ketones (excluding diaryl/α,β-unsaturated/α-hetero) is 1. The van der Waals surface area contributed by atoms with Crippen LogP contribution in [0.5, 0.6) is 0 Å². The van der Waals surface area contributed by atoms with Gasteiger partial charge in [-0.1, -0.05) is 81.1 Å². The van der Waals surface area contributed by atoms with E-state index in [2.05, 4.69) is 11.9 Å². The maximum absolute atomic E-state index is 15.7. The van der Waals surface area contributed by atoms with Crippen molar-refractivity contribution in [3.8, 4) is 0 Å². The molecule has 2 bridgehead atoms. The minimum absolute atomic E-state index is 0.110. The highest BCUT2D eigenvalue weighted by molar-refractivity contribution is 5.94. The Morgan fingerprint density at radius 1 is 1.00 bits per heavy atom. The number of carbonyl (C=O) groups is 4. The van der Waals surface area contributed by atoms with E-state index in [9.17, 15) is 24.6 Å². The van der Waals surface area contributed by atoms with Gasteiger partial charge in [-0.2, -0.15) is 0 Å². The van der Waals surface area contributed by atoms with Crippen LogP contribution < -0.4 is 5.32 Å². The number of esters is 2. The van der Waals surface area contributed by atoms with Crippen molar-refractivity contribution in [2.24, 2.45) is 16.7 Å².